The molecule has 2 fully saturated rings. The Morgan fingerprint density at radius 3 is 2.63 bits per heavy atom. The first-order valence-electron chi connectivity index (χ1n) is 7.11. The number of hydrogen-bond donors (Lipinski definition) is 1. The number of aryl methyl sites for hydroxylation is 1. The maximum atomic E-state index is 9.84. The molecule has 2 saturated heterocycles. The van der Waals surface area contributed by atoms with Gasteiger partial charge in [-0.15, -0.1) is 0 Å². The Labute approximate surface area is 114 Å². The van der Waals surface area contributed by atoms with Gasteiger partial charge in [0.1, 0.15) is 5.75 Å². The van der Waals surface area contributed by atoms with Gasteiger partial charge in [-0.1, -0.05) is 0 Å². The molecule has 19 heavy (non-hydrogen) atoms. The summed E-state index contributed by atoms with van der Waals surface area (Å²) in [6.45, 7) is 2.88. The molecule has 1 N–H and O–H groups in total. The third kappa shape index (κ3) is 2.60. The van der Waals surface area contributed by atoms with Gasteiger partial charge in [-0.25, -0.2) is 0 Å². The number of hydrogen-bond acceptors (Lipinski definition) is 4. The number of rotatable bonds is 3. The van der Waals surface area contributed by atoms with Crippen LogP contribution in [0.2, 0.25) is 0 Å². The highest BCUT2D eigenvalue weighted by Gasteiger charge is 2.40. The van der Waals surface area contributed by atoms with Crippen LogP contribution in [0.4, 0.5) is 0 Å². The number of aromatic nitrogens is 1. The predicted molar refractivity (Wildman–Crippen MR) is 73.1 cm³/mol. The lowest BCUT2D eigenvalue weighted by molar-refractivity contribution is 0.0303. The molecular formula is C15H22N2O2. The van der Waals surface area contributed by atoms with Crippen molar-refractivity contribution >= 4 is 0 Å². The smallest absolute Gasteiger partial charge is 0.122 e. The normalized spacial score (nSPS) is 30.6. The van der Waals surface area contributed by atoms with Crippen LogP contribution in [0.5, 0.6) is 5.75 Å². The zero-order valence-electron chi connectivity index (χ0n) is 11.7. The molecule has 3 rings (SSSR count). The van der Waals surface area contributed by atoms with Gasteiger partial charge in [-0.05, 0) is 32.6 Å². The van der Waals surface area contributed by atoms with Crippen molar-refractivity contribution in [1.29, 1.82) is 0 Å². The molecule has 0 amide bonds. The van der Waals surface area contributed by atoms with Crippen molar-refractivity contribution in [3.63, 3.8) is 0 Å². The van der Waals surface area contributed by atoms with Crippen LogP contribution < -0.4 is 4.74 Å². The first kappa shape index (κ1) is 12.9. The van der Waals surface area contributed by atoms with Crippen molar-refractivity contribution in [1.82, 2.24) is 9.88 Å². The fourth-order valence-corrected chi connectivity index (χ4v) is 3.59. The van der Waals surface area contributed by atoms with E-state index in [1.165, 1.54) is 12.8 Å². The summed E-state index contributed by atoms with van der Waals surface area (Å²) in [6.07, 6.45) is 4.16. The minimum Gasteiger partial charge on any atom is -0.497 e. The van der Waals surface area contributed by atoms with E-state index >= 15 is 0 Å². The number of piperidine rings is 1. The van der Waals surface area contributed by atoms with Crippen LogP contribution in [0.15, 0.2) is 12.1 Å². The monoisotopic (exact) mass is 262 g/mol. The van der Waals surface area contributed by atoms with Crippen molar-refractivity contribution in [2.75, 3.05) is 7.11 Å². The zero-order valence-corrected chi connectivity index (χ0v) is 11.7. The lowest BCUT2D eigenvalue weighted by Crippen LogP contribution is -2.44. The van der Waals surface area contributed by atoms with Crippen LogP contribution in [0, 0.1) is 6.92 Å². The number of nitrogens with zero attached hydrogens (tertiary/aromatic N) is 2. The first-order chi connectivity index (χ1) is 9.15. The lowest BCUT2D eigenvalue weighted by atomic mass is 9.99. The van der Waals surface area contributed by atoms with E-state index in [0.29, 0.717) is 12.1 Å². The number of aliphatic hydroxyl groups excluding tert-OH is 1. The quantitative estimate of drug-likeness (QED) is 0.903. The van der Waals surface area contributed by atoms with Crippen LogP contribution in [0.1, 0.15) is 37.1 Å². The molecule has 2 atom stereocenters. The highest BCUT2D eigenvalue weighted by Crippen LogP contribution is 2.36. The molecule has 1 aromatic heterocycles. The Bertz CT molecular complexity index is 449. The van der Waals surface area contributed by atoms with E-state index in [1.807, 2.05) is 19.1 Å². The molecule has 4 heteroatoms. The molecular weight excluding hydrogens is 240 g/mol. The fraction of sp³-hybridized carbons (Fsp3) is 0.667. The highest BCUT2D eigenvalue weighted by atomic mass is 16.5. The summed E-state index contributed by atoms with van der Waals surface area (Å²) < 4.78 is 5.31. The van der Waals surface area contributed by atoms with Crippen LogP contribution in [0.25, 0.3) is 0 Å². The maximum Gasteiger partial charge on any atom is 0.122 e. The minimum absolute atomic E-state index is 0.103. The molecule has 2 bridgehead atoms. The second-order valence-corrected chi connectivity index (χ2v) is 5.82. The highest BCUT2D eigenvalue weighted by molar-refractivity contribution is 5.26. The topological polar surface area (TPSA) is 45.6 Å². The Balaban J connectivity index is 1.77. The van der Waals surface area contributed by atoms with E-state index in [2.05, 4.69) is 9.88 Å². The lowest BCUT2D eigenvalue weighted by Gasteiger charge is -2.36. The number of methoxy groups -OCH3 is 1. The second kappa shape index (κ2) is 5.10. The van der Waals surface area contributed by atoms with Crippen molar-refractivity contribution in [2.45, 2.75) is 57.3 Å². The third-order valence-electron chi connectivity index (χ3n) is 4.42. The van der Waals surface area contributed by atoms with Gasteiger partial charge in [0.05, 0.1) is 18.9 Å². The molecule has 2 aliphatic heterocycles. The minimum atomic E-state index is -0.103. The van der Waals surface area contributed by atoms with Crippen LogP contribution >= 0.6 is 0 Å². The van der Waals surface area contributed by atoms with Crippen LogP contribution in [0.3, 0.4) is 0 Å². The summed E-state index contributed by atoms with van der Waals surface area (Å²) >= 11 is 0. The summed E-state index contributed by atoms with van der Waals surface area (Å²) in [5.41, 5.74) is 2.07. The van der Waals surface area contributed by atoms with E-state index < -0.39 is 0 Å². The second-order valence-electron chi connectivity index (χ2n) is 5.82. The van der Waals surface area contributed by atoms with E-state index in [0.717, 1.165) is 36.5 Å². The molecule has 0 aliphatic carbocycles. The first-order valence-corrected chi connectivity index (χ1v) is 7.11. The third-order valence-corrected chi connectivity index (χ3v) is 4.42. The Hall–Kier alpha value is -1.13. The van der Waals surface area contributed by atoms with E-state index in [4.69, 9.17) is 4.74 Å². The SMILES string of the molecule is COc1cc(C)nc(CN2C3CCC2CC(O)C3)c1. The van der Waals surface area contributed by atoms with E-state index in [1.54, 1.807) is 7.11 Å². The maximum absolute atomic E-state index is 9.84. The van der Waals surface area contributed by atoms with E-state index in [-0.39, 0.29) is 6.10 Å². The summed E-state index contributed by atoms with van der Waals surface area (Å²) in [5, 5.41) is 9.84. The molecule has 0 spiro atoms. The number of fused-ring (bicyclic) bond motifs is 2. The van der Waals surface area contributed by atoms with Crippen molar-refractivity contribution in [2.24, 2.45) is 0 Å². The standard InChI is InChI=1S/C15H22N2O2/c1-10-5-15(19-2)6-11(16-10)9-17-12-3-4-13(17)8-14(18)7-12/h5-6,12-14,18H,3-4,7-9H2,1-2H3. The van der Waals surface area contributed by atoms with Gasteiger partial charge < -0.3 is 9.84 Å². The number of aliphatic hydroxyl groups is 1. The molecule has 0 aromatic carbocycles. The summed E-state index contributed by atoms with van der Waals surface area (Å²) in [4.78, 5) is 7.13. The molecule has 2 unspecified atom stereocenters. The van der Waals surface area contributed by atoms with Gasteiger partial charge in [-0.2, -0.15) is 0 Å². The van der Waals surface area contributed by atoms with Crippen molar-refractivity contribution in [3.8, 4) is 5.75 Å². The molecule has 2 aliphatic rings. The van der Waals surface area contributed by atoms with Gasteiger partial charge in [0, 0.05) is 36.5 Å². The molecule has 0 saturated carbocycles. The zero-order chi connectivity index (χ0) is 13.4. The van der Waals surface area contributed by atoms with Gasteiger partial charge in [0.2, 0.25) is 0 Å². The molecule has 4 nitrogen and oxygen atoms in total. The molecule has 0 radical (unpaired) electrons. The summed E-state index contributed by atoms with van der Waals surface area (Å²) in [7, 11) is 1.69. The average Bonchev–Trinajstić information content (AvgIpc) is 2.60. The largest absolute Gasteiger partial charge is 0.497 e. The average molecular weight is 262 g/mol. The number of pyridine rings is 1. The van der Waals surface area contributed by atoms with Crippen LogP contribution in [-0.4, -0.2) is 40.3 Å². The number of ether oxygens (including phenoxy) is 1. The van der Waals surface area contributed by atoms with Gasteiger partial charge in [0.25, 0.3) is 0 Å². The molecule has 104 valence electrons. The van der Waals surface area contributed by atoms with Crippen molar-refractivity contribution < 1.29 is 9.84 Å². The fourth-order valence-electron chi connectivity index (χ4n) is 3.59. The predicted octanol–water partition coefficient (Wildman–Crippen LogP) is 1.89. The van der Waals surface area contributed by atoms with Gasteiger partial charge >= 0.3 is 0 Å². The summed E-state index contributed by atoms with van der Waals surface area (Å²) in [6, 6.07) is 5.04. The molecule has 1 aromatic rings. The molecule has 3 heterocycles. The van der Waals surface area contributed by atoms with Gasteiger partial charge in [-0.3, -0.25) is 9.88 Å². The Morgan fingerprint density at radius 2 is 2.00 bits per heavy atom. The Morgan fingerprint density at radius 1 is 1.32 bits per heavy atom. The van der Waals surface area contributed by atoms with Crippen LogP contribution in [-0.2, 0) is 6.54 Å². The van der Waals surface area contributed by atoms with Gasteiger partial charge in [0.15, 0.2) is 0 Å². The van der Waals surface area contributed by atoms with E-state index in [9.17, 15) is 5.11 Å². The van der Waals surface area contributed by atoms with Crippen molar-refractivity contribution in [3.05, 3.63) is 23.5 Å². The summed E-state index contributed by atoms with van der Waals surface area (Å²) in [5.74, 6) is 0.881. The Kier molecular flexibility index (Phi) is 3.46.